The zero-order valence-corrected chi connectivity index (χ0v) is 8.83. The Kier molecular flexibility index (Phi) is 3.73. The average molecular weight is 191 g/mol. The number of hydrogen-bond acceptors (Lipinski definition) is 3. The molecule has 1 rings (SSSR count). The van der Waals surface area contributed by atoms with E-state index in [2.05, 4.69) is 30.6 Å². The molecule has 0 aromatic carbocycles. The van der Waals surface area contributed by atoms with Crippen molar-refractivity contribution < 1.29 is 0 Å². The summed E-state index contributed by atoms with van der Waals surface area (Å²) in [6.45, 7) is 10.2. The zero-order chi connectivity index (χ0) is 10.6. The van der Waals surface area contributed by atoms with Crippen molar-refractivity contribution in [2.24, 2.45) is 0 Å². The van der Waals surface area contributed by atoms with Gasteiger partial charge in [0.05, 0.1) is 6.07 Å². The van der Waals surface area contributed by atoms with Crippen LogP contribution in [0.3, 0.4) is 0 Å². The molecule has 1 fully saturated rings. The van der Waals surface area contributed by atoms with Crippen molar-refractivity contribution in [2.75, 3.05) is 13.1 Å². The first-order chi connectivity index (χ1) is 6.65. The average Bonchev–Trinajstić information content (AvgIpc) is 2.18. The molecule has 2 atom stereocenters. The van der Waals surface area contributed by atoms with Crippen molar-refractivity contribution in [3.8, 4) is 6.07 Å². The number of nitrogens with one attached hydrogen (secondary N) is 1. The number of nitriles is 1. The molecule has 1 heterocycles. The minimum Gasteiger partial charge on any atom is -0.366 e. The molecular weight excluding hydrogens is 174 g/mol. The molecule has 0 amide bonds. The number of nitrogens with zero attached hydrogens (tertiary/aromatic N) is 2. The minimum absolute atomic E-state index is 0.446. The van der Waals surface area contributed by atoms with Crippen molar-refractivity contribution in [3.63, 3.8) is 0 Å². The topological polar surface area (TPSA) is 39.1 Å². The first-order valence-corrected chi connectivity index (χ1v) is 4.90. The maximum absolute atomic E-state index is 8.42. The second-order valence-corrected chi connectivity index (χ2v) is 3.76. The number of allylic oxidation sites excluding steroid dienone is 2. The van der Waals surface area contributed by atoms with E-state index >= 15 is 0 Å². The van der Waals surface area contributed by atoms with Crippen molar-refractivity contribution in [1.29, 1.82) is 5.26 Å². The van der Waals surface area contributed by atoms with E-state index in [1.807, 2.05) is 6.07 Å². The molecule has 0 spiro atoms. The Hall–Kier alpha value is -1.27. The van der Waals surface area contributed by atoms with Crippen molar-refractivity contribution in [3.05, 3.63) is 24.4 Å². The van der Waals surface area contributed by atoms with Crippen LogP contribution < -0.4 is 5.32 Å². The highest BCUT2D eigenvalue weighted by Crippen LogP contribution is 2.13. The van der Waals surface area contributed by atoms with Gasteiger partial charge in [0.1, 0.15) is 0 Å². The molecule has 3 nitrogen and oxygen atoms in total. The van der Waals surface area contributed by atoms with Gasteiger partial charge in [0, 0.05) is 36.9 Å². The summed E-state index contributed by atoms with van der Waals surface area (Å²) in [6, 6.07) is 2.91. The van der Waals surface area contributed by atoms with Gasteiger partial charge in [0.15, 0.2) is 0 Å². The van der Waals surface area contributed by atoms with E-state index in [9.17, 15) is 0 Å². The highest BCUT2D eigenvalue weighted by Gasteiger charge is 2.21. The lowest BCUT2D eigenvalue weighted by molar-refractivity contribution is 0.196. The van der Waals surface area contributed by atoms with Crippen LogP contribution in [0.25, 0.3) is 0 Å². The van der Waals surface area contributed by atoms with Crippen LogP contribution in [-0.2, 0) is 0 Å². The maximum Gasteiger partial charge on any atom is 0.0912 e. The SMILES string of the molecule is C=C(/C=C/C#N)N1CC(C)NCC1C. The molecule has 2 unspecified atom stereocenters. The Morgan fingerprint density at radius 2 is 2.36 bits per heavy atom. The molecule has 1 saturated heterocycles. The van der Waals surface area contributed by atoms with E-state index in [0.29, 0.717) is 12.1 Å². The summed E-state index contributed by atoms with van der Waals surface area (Å²) in [4.78, 5) is 2.23. The molecule has 76 valence electrons. The molecule has 14 heavy (non-hydrogen) atoms. The molecule has 0 aliphatic carbocycles. The number of rotatable bonds is 2. The Balaban J connectivity index is 2.61. The predicted octanol–water partition coefficient (Wildman–Crippen LogP) is 1.26. The van der Waals surface area contributed by atoms with E-state index in [4.69, 9.17) is 5.26 Å². The smallest absolute Gasteiger partial charge is 0.0912 e. The van der Waals surface area contributed by atoms with E-state index in [-0.39, 0.29) is 0 Å². The van der Waals surface area contributed by atoms with E-state index in [0.717, 1.165) is 18.8 Å². The molecular formula is C11H17N3. The molecule has 3 heteroatoms. The fourth-order valence-electron chi connectivity index (χ4n) is 1.65. The number of hydrogen-bond donors (Lipinski definition) is 1. The van der Waals surface area contributed by atoms with Crippen molar-refractivity contribution in [2.45, 2.75) is 25.9 Å². The Labute approximate surface area is 85.7 Å². The molecule has 1 aliphatic rings. The van der Waals surface area contributed by atoms with Gasteiger partial charge >= 0.3 is 0 Å². The highest BCUT2D eigenvalue weighted by molar-refractivity contribution is 5.20. The first-order valence-electron chi connectivity index (χ1n) is 4.90. The fraction of sp³-hybridized carbons (Fsp3) is 0.545. The Bertz CT molecular complexity index is 275. The monoisotopic (exact) mass is 191 g/mol. The fourth-order valence-corrected chi connectivity index (χ4v) is 1.65. The Morgan fingerprint density at radius 3 is 3.00 bits per heavy atom. The zero-order valence-electron chi connectivity index (χ0n) is 8.83. The Morgan fingerprint density at radius 1 is 1.64 bits per heavy atom. The largest absolute Gasteiger partial charge is 0.366 e. The number of piperazine rings is 1. The molecule has 0 aromatic heterocycles. The summed E-state index contributed by atoms with van der Waals surface area (Å²) in [5.74, 6) is 0. The minimum atomic E-state index is 0.446. The molecule has 1 N–H and O–H groups in total. The maximum atomic E-state index is 8.42. The van der Waals surface area contributed by atoms with Crippen LogP contribution in [0.15, 0.2) is 24.4 Å². The van der Waals surface area contributed by atoms with Gasteiger partial charge in [-0.1, -0.05) is 6.58 Å². The summed E-state index contributed by atoms with van der Waals surface area (Å²) in [7, 11) is 0. The van der Waals surface area contributed by atoms with Crippen LogP contribution in [0.1, 0.15) is 13.8 Å². The van der Waals surface area contributed by atoms with Gasteiger partial charge in [-0.25, -0.2) is 0 Å². The summed E-state index contributed by atoms with van der Waals surface area (Å²) in [6.07, 6.45) is 3.25. The lowest BCUT2D eigenvalue weighted by atomic mass is 10.1. The normalized spacial score (nSPS) is 27.6. The second kappa shape index (κ2) is 4.83. The van der Waals surface area contributed by atoms with Gasteiger partial charge < -0.3 is 10.2 Å². The summed E-state index contributed by atoms with van der Waals surface area (Å²) in [5, 5.41) is 11.8. The van der Waals surface area contributed by atoms with E-state index < -0.39 is 0 Å². The molecule has 0 radical (unpaired) electrons. The predicted molar refractivity (Wildman–Crippen MR) is 57.5 cm³/mol. The standard InChI is InChI=1S/C11H17N3/c1-9-8-14(11(3)7-13-9)10(2)5-4-6-12/h4-5,9,11,13H,2,7-8H2,1,3H3/b5-4+. The van der Waals surface area contributed by atoms with Crippen molar-refractivity contribution >= 4 is 0 Å². The third kappa shape index (κ3) is 2.61. The summed E-state index contributed by atoms with van der Waals surface area (Å²) >= 11 is 0. The van der Waals surface area contributed by atoms with Gasteiger partial charge in [-0.3, -0.25) is 0 Å². The van der Waals surface area contributed by atoms with Crippen LogP contribution in [-0.4, -0.2) is 30.1 Å². The summed E-state index contributed by atoms with van der Waals surface area (Å²) in [5.41, 5.74) is 0.924. The van der Waals surface area contributed by atoms with Crippen LogP contribution in [0.4, 0.5) is 0 Å². The lowest BCUT2D eigenvalue weighted by Crippen LogP contribution is -2.53. The third-order valence-electron chi connectivity index (χ3n) is 2.48. The first kappa shape index (κ1) is 10.8. The highest BCUT2D eigenvalue weighted by atomic mass is 15.2. The second-order valence-electron chi connectivity index (χ2n) is 3.76. The van der Waals surface area contributed by atoms with Crippen LogP contribution in [0, 0.1) is 11.3 Å². The van der Waals surface area contributed by atoms with Crippen LogP contribution >= 0.6 is 0 Å². The van der Waals surface area contributed by atoms with E-state index in [1.54, 1.807) is 6.08 Å². The molecule has 0 bridgehead atoms. The van der Waals surface area contributed by atoms with Gasteiger partial charge in [0.25, 0.3) is 0 Å². The van der Waals surface area contributed by atoms with E-state index in [1.165, 1.54) is 6.08 Å². The van der Waals surface area contributed by atoms with Gasteiger partial charge in [-0.2, -0.15) is 5.26 Å². The molecule has 0 aromatic rings. The van der Waals surface area contributed by atoms with Crippen molar-refractivity contribution in [1.82, 2.24) is 10.2 Å². The van der Waals surface area contributed by atoms with Gasteiger partial charge in [0.2, 0.25) is 0 Å². The van der Waals surface area contributed by atoms with Crippen LogP contribution in [0.5, 0.6) is 0 Å². The van der Waals surface area contributed by atoms with Gasteiger partial charge in [-0.05, 0) is 19.9 Å². The third-order valence-corrected chi connectivity index (χ3v) is 2.48. The lowest BCUT2D eigenvalue weighted by Gasteiger charge is -2.39. The molecule has 1 aliphatic heterocycles. The quantitative estimate of drug-likeness (QED) is 0.527. The van der Waals surface area contributed by atoms with Crippen LogP contribution in [0.2, 0.25) is 0 Å². The van der Waals surface area contributed by atoms with Gasteiger partial charge in [-0.15, -0.1) is 0 Å². The summed E-state index contributed by atoms with van der Waals surface area (Å²) < 4.78 is 0. The molecule has 0 saturated carbocycles.